The maximum Gasteiger partial charge on any atom is 0.134 e. The largest absolute Gasteiger partial charge is 0.466 e. The van der Waals surface area contributed by atoms with Gasteiger partial charge in [-0.1, -0.05) is 13.8 Å². The van der Waals surface area contributed by atoms with Gasteiger partial charge in [-0.2, -0.15) is 0 Å². The van der Waals surface area contributed by atoms with Crippen LogP contribution in [0.5, 0.6) is 0 Å². The molecule has 0 aromatic carbocycles. The molecule has 3 nitrogen and oxygen atoms in total. The summed E-state index contributed by atoms with van der Waals surface area (Å²) in [7, 11) is 0. The topological polar surface area (TPSA) is 45.4 Å². The van der Waals surface area contributed by atoms with E-state index in [0.29, 0.717) is 0 Å². The molecule has 1 aromatic rings. The van der Waals surface area contributed by atoms with Crippen LogP contribution in [0.15, 0.2) is 21.2 Å². The van der Waals surface area contributed by atoms with Crippen molar-refractivity contribution < 1.29 is 9.52 Å². The van der Waals surface area contributed by atoms with Gasteiger partial charge in [-0.05, 0) is 28.9 Å². The maximum absolute atomic E-state index is 9.12. The molecule has 4 heteroatoms. The molecular formula is C11H18BrNO2. The molecule has 1 atom stereocenters. The first-order valence-corrected chi connectivity index (χ1v) is 5.83. The fourth-order valence-electron chi connectivity index (χ4n) is 1.19. The first-order chi connectivity index (χ1) is 6.96. The van der Waals surface area contributed by atoms with Crippen molar-refractivity contribution in [1.82, 2.24) is 5.32 Å². The van der Waals surface area contributed by atoms with Crippen molar-refractivity contribution >= 4 is 15.9 Å². The Morgan fingerprint density at radius 1 is 1.60 bits per heavy atom. The van der Waals surface area contributed by atoms with E-state index in [1.165, 1.54) is 0 Å². The van der Waals surface area contributed by atoms with Crippen LogP contribution in [0.25, 0.3) is 0 Å². The number of hydrogen-bond acceptors (Lipinski definition) is 3. The number of aliphatic hydroxyl groups is 1. The Morgan fingerprint density at radius 2 is 2.27 bits per heavy atom. The van der Waals surface area contributed by atoms with E-state index in [1.54, 1.807) is 6.26 Å². The highest BCUT2D eigenvalue weighted by Gasteiger charge is 2.19. The van der Waals surface area contributed by atoms with Crippen molar-refractivity contribution in [2.75, 3.05) is 13.2 Å². The monoisotopic (exact) mass is 275 g/mol. The highest BCUT2D eigenvalue weighted by molar-refractivity contribution is 9.10. The molecule has 15 heavy (non-hydrogen) atoms. The third-order valence-corrected chi connectivity index (χ3v) is 3.01. The number of nitrogens with one attached hydrogen (secondary N) is 1. The van der Waals surface area contributed by atoms with Gasteiger partial charge in [-0.25, -0.2) is 0 Å². The van der Waals surface area contributed by atoms with Gasteiger partial charge in [0, 0.05) is 18.6 Å². The van der Waals surface area contributed by atoms with Crippen LogP contribution in [0.1, 0.15) is 32.6 Å². The van der Waals surface area contributed by atoms with Gasteiger partial charge in [-0.3, -0.25) is 0 Å². The summed E-state index contributed by atoms with van der Waals surface area (Å²) >= 11 is 3.42. The summed E-state index contributed by atoms with van der Waals surface area (Å²) in [6, 6.07) is 2.02. The smallest absolute Gasteiger partial charge is 0.134 e. The molecular weight excluding hydrogens is 258 g/mol. The predicted octanol–water partition coefficient (Wildman–Crippen LogP) is 2.71. The Morgan fingerprint density at radius 3 is 2.73 bits per heavy atom. The Labute approximate surface area is 99.0 Å². The molecule has 1 aromatic heterocycles. The number of aliphatic hydroxyl groups excluding tert-OH is 1. The Hall–Kier alpha value is -0.320. The Balaban J connectivity index is 2.50. The zero-order chi connectivity index (χ0) is 11.5. The summed E-state index contributed by atoms with van der Waals surface area (Å²) in [5, 5.41) is 12.5. The van der Waals surface area contributed by atoms with Gasteiger partial charge in [0.25, 0.3) is 0 Å². The minimum absolute atomic E-state index is 0.104. The lowest BCUT2D eigenvalue weighted by Crippen LogP contribution is -2.33. The van der Waals surface area contributed by atoms with Gasteiger partial charge in [0.2, 0.25) is 0 Å². The summed E-state index contributed by atoms with van der Waals surface area (Å²) in [6.07, 6.45) is 1.66. The SMILES string of the molecule is CC(NCC(C)(C)CO)c1occc1Br. The minimum atomic E-state index is -0.104. The zero-order valence-electron chi connectivity index (χ0n) is 9.38. The molecule has 0 aliphatic rings. The van der Waals surface area contributed by atoms with E-state index in [0.717, 1.165) is 16.8 Å². The average Bonchev–Trinajstić information content (AvgIpc) is 2.61. The third kappa shape index (κ3) is 3.63. The average molecular weight is 276 g/mol. The van der Waals surface area contributed by atoms with Crippen molar-refractivity contribution in [3.63, 3.8) is 0 Å². The normalized spacial score (nSPS) is 14.2. The van der Waals surface area contributed by atoms with Crippen LogP contribution in [-0.4, -0.2) is 18.3 Å². The molecule has 0 saturated carbocycles. The Bertz CT molecular complexity index is 309. The lowest BCUT2D eigenvalue weighted by molar-refractivity contribution is 0.152. The highest BCUT2D eigenvalue weighted by Crippen LogP contribution is 2.25. The minimum Gasteiger partial charge on any atom is -0.466 e. The van der Waals surface area contributed by atoms with Gasteiger partial charge in [-0.15, -0.1) is 0 Å². The molecule has 0 radical (unpaired) electrons. The van der Waals surface area contributed by atoms with Crippen LogP contribution >= 0.6 is 15.9 Å². The standard InChI is InChI=1S/C11H18BrNO2/c1-8(10-9(12)4-5-15-10)13-6-11(2,3)7-14/h4-5,8,13-14H,6-7H2,1-3H3. The fourth-order valence-corrected chi connectivity index (χ4v) is 1.74. The number of halogens is 1. The molecule has 1 unspecified atom stereocenters. The first-order valence-electron chi connectivity index (χ1n) is 5.03. The van der Waals surface area contributed by atoms with E-state index in [2.05, 4.69) is 21.2 Å². The summed E-state index contributed by atoms with van der Waals surface area (Å²) in [5.41, 5.74) is -0.104. The van der Waals surface area contributed by atoms with Gasteiger partial charge in [0.15, 0.2) is 0 Å². The van der Waals surface area contributed by atoms with Gasteiger partial charge < -0.3 is 14.8 Å². The summed E-state index contributed by atoms with van der Waals surface area (Å²) in [6.45, 7) is 6.99. The summed E-state index contributed by atoms with van der Waals surface area (Å²) in [4.78, 5) is 0. The van der Waals surface area contributed by atoms with Crippen LogP contribution in [0.2, 0.25) is 0 Å². The van der Waals surface area contributed by atoms with Crippen molar-refractivity contribution in [2.24, 2.45) is 5.41 Å². The molecule has 0 bridgehead atoms. The molecule has 0 aliphatic heterocycles. The molecule has 0 amide bonds. The van der Waals surface area contributed by atoms with Crippen LogP contribution < -0.4 is 5.32 Å². The second kappa shape index (κ2) is 5.14. The molecule has 1 heterocycles. The van der Waals surface area contributed by atoms with Crippen LogP contribution in [0.3, 0.4) is 0 Å². The summed E-state index contributed by atoms with van der Waals surface area (Å²) in [5.74, 6) is 0.892. The molecule has 0 saturated heterocycles. The zero-order valence-corrected chi connectivity index (χ0v) is 11.0. The van der Waals surface area contributed by atoms with E-state index in [1.807, 2.05) is 26.8 Å². The van der Waals surface area contributed by atoms with Gasteiger partial charge >= 0.3 is 0 Å². The van der Waals surface area contributed by atoms with Crippen molar-refractivity contribution in [1.29, 1.82) is 0 Å². The quantitative estimate of drug-likeness (QED) is 0.869. The molecule has 0 spiro atoms. The van der Waals surface area contributed by atoms with E-state index in [-0.39, 0.29) is 18.1 Å². The van der Waals surface area contributed by atoms with Gasteiger partial charge in [0.05, 0.1) is 16.8 Å². The van der Waals surface area contributed by atoms with Crippen LogP contribution in [0.4, 0.5) is 0 Å². The summed E-state index contributed by atoms with van der Waals surface area (Å²) < 4.78 is 6.33. The first kappa shape index (κ1) is 12.7. The van der Waals surface area contributed by atoms with E-state index in [4.69, 9.17) is 9.52 Å². The predicted molar refractivity (Wildman–Crippen MR) is 63.7 cm³/mol. The number of furan rings is 1. The molecule has 2 N–H and O–H groups in total. The van der Waals surface area contributed by atoms with Crippen LogP contribution in [0, 0.1) is 5.41 Å². The van der Waals surface area contributed by atoms with E-state index >= 15 is 0 Å². The third-order valence-electron chi connectivity index (χ3n) is 2.35. The molecule has 86 valence electrons. The second-order valence-corrected chi connectivity index (χ2v) is 5.41. The molecule has 0 fully saturated rings. The lowest BCUT2D eigenvalue weighted by Gasteiger charge is -2.24. The fraction of sp³-hybridized carbons (Fsp3) is 0.636. The van der Waals surface area contributed by atoms with E-state index < -0.39 is 0 Å². The number of hydrogen-bond donors (Lipinski definition) is 2. The highest BCUT2D eigenvalue weighted by atomic mass is 79.9. The van der Waals surface area contributed by atoms with E-state index in [9.17, 15) is 0 Å². The van der Waals surface area contributed by atoms with Crippen molar-refractivity contribution in [2.45, 2.75) is 26.8 Å². The maximum atomic E-state index is 9.12. The van der Waals surface area contributed by atoms with Gasteiger partial charge in [0.1, 0.15) is 5.76 Å². The lowest BCUT2D eigenvalue weighted by atomic mass is 9.94. The molecule has 1 rings (SSSR count). The second-order valence-electron chi connectivity index (χ2n) is 4.56. The molecule has 0 aliphatic carbocycles. The van der Waals surface area contributed by atoms with Crippen LogP contribution in [-0.2, 0) is 0 Å². The van der Waals surface area contributed by atoms with Crippen molar-refractivity contribution in [3.8, 4) is 0 Å². The van der Waals surface area contributed by atoms with Crippen molar-refractivity contribution in [3.05, 3.63) is 22.6 Å². The Kier molecular flexibility index (Phi) is 4.37. The number of rotatable bonds is 5.